The minimum absolute atomic E-state index is 0.224. The zero-order valence-electron chi connectivity index (χ0n) is 13.4. The number of methoxy groups -OCH3 is 1. The van der Waals surface area contributed by atoms with Gasteiger partial charge < -0.3 is 19.2 Å². The van der Waals surface area contributed by atoms with E-state index in [0.29, 0.717) is 17.0 Å². The Morgan fingerprint density at radius 3 is 2.67 bits per heavy atom. The van der Waals surface area contributed by atoms with Crippen LogP contribution in [0.2, 0.25) is 0 Å². The first-order valence-corrected chi connectivity index (χ1v) is 7.57. The van der Waals surface area contributed by atoms with Crippen molar-refractivity contribution in [3.05, 3.63) is 36.4 Å². The largest absolute Gasteiger partial charge is 0.495 e. The fraction of sp³-hybridized carbons (Fsp3) is 0.222. The average molecular weight is 327 g/mol. The molecule has 0 saturated heterocycles. The summed E-state index contributed by atoms with van der Waals surface area (Å²) < 4.78 is 16.0. The van der Waals surface area contributed by atoms with Gasteiger partial charge in [-0.2, -0.15) is 0 Å². The maximum atomic E-state index is 11.9. The van der Waals surface area contributed by atoms with Crippen molar-refractivity contribution in [1.29, 1.82) is 0 Å². The summed E-state index contributed by atoms with van der Waals surface area (Å²) in [7, 11) is 1.52. The van der Waals surface area contributed by atoms with Gasteiger partial charge >= 0.3 is 5.97 Å². The molecule has 0 atom stereocenters. The van der Waals surface area contributed by atoms with Crippen LogP contribution in [0, 0.1) is 0 Å². The van der Waals surface area contributed by atoms with E-state index in [4.69, 9.17) is 13.9 Å². The predicted molar refractivity (Wildman–Crippen MR) is 90.2 cm³/mol. The summed E-state index contributed by atoms with van der Waals surface area (Å²) in [5, 5.41) is 4.55. The number of hydrogen-bond donors (Lipinski definition) is 1. The fourth-order valence-corrected chi connectivity index (χ4v) is 2.45. The third-order valence-corrected chi connectivity index (χ3v) is 3.63. The minimum Gasteiger partial charge on any atom is -0.495 e. The standard InChI is InChI=1S/C18H17NO5/c1-3-18(21)23-10-17(20)19-13-9-15-12(8-16(13)22-2)11-6-4-5-7-14(11)24-15/h4-9H,3,10H2,1-2H3,(H,19,20). The first-order chi connectivity index (χ1) is 11.6. The van der Waals surface area contributed by atoms with Gasteiger partial charge in [0.1, 0.15) is 16.9 Å². The number of amides is 1. The van der Waals surface area contributed by atoms with Crippen LogP contribution in [0.4, 0.5) is 5.69 Å². The first-order valence-electron chi connectivity index (χ1n) is 7.57. The number of hydrogen-bond acceptors (Lipinski definition) is 5. The van der Waals surface area contributed by atoms with Gasteiger partial charge in [-0.3, -0.25) is 9.59 Å². The van der Waals surface area contributed by atoms with Crippen LogP contribution in [0.15, 0.2) is 40.8 Å². The lowest BCUT2D eigenvalue weighted by Crippen LogP contribution is -2.20. The lowest BCUT2D eigenvalue weighted by atomic mass is 10.1. The Morgan fingerprint density at radius 2 is 1.92 bits per heavy atom. The highest BCUT2D eigenvalue weighted by atomic mass is 16.5. The summed E-state index contributed by atoms with van der Waals surface area (Å²) in [6.07, 6.45) is 0.224. The zero-order valence-corrected chi connectivity index (χ0v) is 13.4. The normalized spacial score (nSPS) is 10.8. The van der Waals surface area contributed by atoms with Crippen molar-refractivity contribution in [3.63, 3.8) is 0 Å². The van der Waals surface area contributed by atoms with Gasteiger partial charge in [0.25, 0.3) is 5.91 Å². The van der Waals surface area contributed by atoms with Gasteiger partial charge in [0.2, 0.25) is 0 Å². The Bertz CT molecular complexity index is 912. The molecule has 0 bridgehead atoms. The monoisotopic (exact) mass is 327 g/mol. The molecule has 124 valence electrons. The molecule has 1 amide bonds. The molecular formula is C18H17NO5. The lowest BCUT2D eigenvalue weighted by Gasteiger charge is -2.10. The number of ether oxygens (including phenoxy) is 2. The van der Waals surface area contributed by atoms with Crippen molar-refractivity contribution in [3.8, 4) is 5.75 Å². The molecule has 3 rings (SSSR count). The first kappa shape index (κ1) is 15.9. The van der Waals surface area contributed by atoms with Crippen LogP contribution < -0.4 is 10.1 Å². The topological polar surface area (TPSA) is 77.8 Å². The van der Waals surface area contributed by atoms with Crippen LogP contribution in [0.3, 0.4) is 0 Å². The van der Waals surface area contributed by atoms with E-state index in [1.54, 1.807) is 13.0 Å². The summed E-state index contributed by atoms with van der Waals surface area (Å²) in [5.74, 6) is -0.361. The van der Waals surface area contributed by atoms with E-state index < -0.39 is 11.9 Å². The number of furan rings is 1. The van der Waals surface area contributed by atoms with Crippen LogP contribution in [0.1, 0.15) is 13.3 Å². The van der Waals surface area contributed by atoms with Gasteiger partial charge in [-0.05, 0) is 12.1 Å². The Balaban J connectivity index is 1.91. The molecule has 3 aromatic rings. The Kier molecular flexibility index (Phi) is 4.37. The van der Waals surface area contributed by atoms with Gasteiger partial charge in [0.05, 0.1) is 12.8 Å². The van der Waals surface area contributed by atoms with Crippen molar-refractivity contribution in [1.82, 2.24) is 0 Å². The summed E-state index contributed by atoms with van der Waals surface area (Å²) in [5.41, 5.74) is 1.86. The van der Waals surface area contributed by atoms with Crippen LogP contribution in [-0.4, -0.2) is 25.6 Å². The summed E-state index contributed by atoms with van der Waals surface area (Å²) in [4.78, 5) is 23.1. The SMILES string of the molecule is CCC(=O)OCC(=O)Nc1cc2oc3ccccc3c2cc1OC. The number of benzene rings is 2. The number of nitrogens with one attached hydrogen (secondary N) is 1. The van der Waals surface area contributed by atoms with Crippen molar-refractivity contribution < 1.29 is 23.5 Å². The highest BCUT2D eigenvalue weighted by molar-refractivity contribution is 6.07. The number of anilines is 1. The number of fused-ring (bicyclic) bond motifs is 3. The highest BCUT2D eigenvalue weighted by Gasteiger charge is 2.14. The van der Waals surface area contributed by atoms with Crippen molar-refractivity contribution in [2.45, 2.75) is 13.3 Å². The molecule has 1 heterocycles. The molecule has 0 aliphatic heterocycles. The maximum Gasteiger partial charge on any atom is 0.306 e. The summed E-state index contributed by atoms with van der Waals surface area (Å²) in [6.45, 7) is 1.33. The molecule has 24 heavy (non-hydrogen) atoms. The molecule has 1 N–H and O–H groups in total. The molecule has 6 heteroatoms. The van der Waals surface area contributed by atoms with E-state index in [0.717, 1.165) is 16.4 Å². The van der Waals surface area contributed by atoms with E-state index in [2.05, 4.69) is 5.32 Å². The van der Waals surface area contributed by atoms with Gasteiger partial charge in [0, 0.05) is 23.3 Å². The second-order valence-corrected chi connectivity index (χ2v) is 5.21. The number of para-hydroxylation sites is 1. The molecule has 0 spiro atoms. The predicted octanol–water partition coefficient (Wildman–Crippen LogP) is 3.49. The van der Waals surface area contributed by atoms with Crippen LogP contribution in [0.5, 0.6) is 5.75 Å². The van der Waals surface area contributed by atoms with Gasteiger partial charge in [-0.1, -0.05) is 25.1 Å². The fourth-order valence-electron chi connectivity index (χ4n) is 2.45. The molecule has 0 aliphatic rings. The summed E-state index contributed by atoms with van der Waals surface area (Å²) >= 11 is 0. The lowest BCUT2D eigenvalue weighted by molar-refractivity contribution is -0.146. The van der Waals surface area contributed by atoms with E-state index in [1.807, 2.05) is 30.3 Å². The zero-order chi connectivity index (χ0) is 17.1. The van der Waals surface area contributed by atoms with Crippen LogP contribution >= 0.6 is 0 Å². The number of carbonyl (C=O) groups is 2. The third kappa shape index (κ3) is 3.03. The minimum atomic E-state index is -0.439. The maximum absolute atomic E-state index is 11.9. The van der Waals surface area contributed by atoms with E-state index in [1.165, 1.54) is 7.11 Å². The van der Waals surface area contributed by atoms with Crippen molar-refractivity contribution >= 4 is 39.5 Å². The molecule has 2 aromatic carbocycles. The molecule has 0 radical (unpaired) electrons. The molecule has 0 saturated carbocycles. The smallest absolute Gasteiger partial charge is 0.306 e. The molecule has 0 fully saturated rings. The van der Waals surface area contributed by atoms with Crippen molar-refractivity contribution in [2.24, 2.45) is 0 Å². The van der Waals surface area contributed by atoms with Crippen LogP contribution in [-0.2, 0) is 14.3 Å². The van der Waals surface area contributed by atoms with Crippen molar-refractivity contribution in [2.75, 3.05) is 19.0 Å². The second-order valence-electron chi connectivity index (χ2n) is 5.21. The number of rotatable bonds is 5. The Labute approximate surface area is 138 Å². The van der Waals surface area contributed by atoms with E-state index >= 15 is 0 Å². The number of carbonyl (C=O) groups excluding carboxylic acids is 2. The molecule has 6 nitrogen and oxygen atoms in total. The molecule has 0 aliphatic carbocycles. The average Bonchev–Trinajstić information content (AvgIpc) is 2.96. The number of esters is 1. The van der Waals surface area contributed by atoms with Gasteiger partial charge in [-0.25, -0.2) is 0 Å². The molecular weight excluding hydrogens is 310 g/mol. The van der Waals surface area contributed by atoms with E-state index in [9.17, 15) is 9.59 Å². The van der Waals surface area contributed by atoms with Gasteiger partial charge in [-0.15, -0.1) is 0 Å². The summed E-state index contributed by atoms with van der Waals surface area (Å²) in [6, 6.07) is 11.2. The molecule has 0 unspecified atom stereocenters. The quantitative estimate of drug-likeness (QED) is 0.726. The molecule has 1 aromatic heterocycles. The van der Waals surface area contributed by atoms with Crippen LogP contribution in [0.25, 0.3) is 21.9 Å². The Morgan fingerprint density at radius 1 is 1.12 bits per heavy atom. The Hall–Kier alpha value is -3.02. The second kappa shape index (κ2) is 6.62. The third-order valence-electron chi connectivity index (χ3n) is 3.63. The highest BCUT2D eigenvalue weighted by Crippen LogP contribution is 2.36. The van der Waals surface area contributed by atoms with Gasteiger partial charge in [0.15, 0.2) is 6.61 Å². The van der Waals surface area contributed by atoms with E-state index in [-0.39, 0.29) is 13.0 Å².